The summed E-state index contributed by atoms with van der Waals surface area (Å²) in [6, 6.07) is 28.2. The Bertz CT molecular complexity index is 1770. The van der Waals surface area contributed by atoms with Crippen LogP contribution in [-0.4, -0.2) is 35.4 Å². The number of hydrogen-bond donors (Lipinski definition) is 1. The third-order valence-corrected chi connectivity index (χ3v) is 7.24. The van der Waals surface area contributed by atoms with Gasteiger partial charge in [-0.3, -0.25) is 4.79 Å². The lowest BCUT2D eigenvalue weighted by molar-refractivity contribution is -0.116. The molecule has 0 aliphatic heterocycles. The van der Waals surface area contributed by atoms with Gasteiger partial charge in [0.1, 0.15) is 12.1 Å². The highest BCUT2D eigenvalue weighted by Gasteiger charge is 2.21. The monoisotopic (exact) mass is 527 g/mol. The van der Waals surface area contributed by atoms with Crippen LogP contribution in [0.2, 0.25) is 0 Å². The lowest BCUT2D eigenvalue weighted by Gasteiger charge is -2.18. The standard InChI is InChI=1S/C32H29N7O/c1-21-11-10-16-28(23(21)3)38-31-27(19-35-38)32(34-20-33-31)39-29(17-22(2)37-39)36-30(40)18-26(24-12-6-4-7-13-24)25-14-8-5-9-15-25/h4-17,19-20,26H,18H2,1-3H3,(H,36,40). The van der Waals surface area contributed by atoms with Gasteiger partial charge in [-0.2, -0.15) is 14.9 Å². The van der Waals surface area contributed by atoms with Crippen molar-refractivity contribution >= 4 is 22.8 Å². The smallest absolute Gasteiger partial charge is 0.226 e. The predicted molar refractivity (Wildman–Crippen MR) is 156 cm³/mol. The second-order valence-corrected chi connectivity index (χ2v) is 9.92. The van der Waals surface area contributed by atoms with E-state index in [0.29, 0.717) is 17.3 Å². The van der Waals surface area contributed by atoms with E-state index in [0.717, 1.165) is 33.5 Å². The van der Waals surface area contributed by atoms with Crippen molar-refractivity contribution < 1.29 is 4.79 Å². The van der Waals surface area contributed by atoms with Crippen LogP contribution in [0.4, 0.5) is 5.82 Å². The molecule has 40 heavy (non-hydrogen) atoms. The average Bonchev–Trinajstić information content (AvgIpc) is 3.57. The van der Waals surface area contributed by atoms with Gasteiger partial charge in [0.2, 0.25) is 5.91 Å². The van der Waals surface area contributed by atoms with Gasteiger partial charge in [-0.1, -0.05) is 72.8 Å². The molecule has 0 unspecified atom stereocenters. The second-order valence-electron chi connectivity index (χ2n) is 9.92. The third-order valence-electron chi connectivity index (χ3n) is 7.24. The van der Waals surface area contributed by atoms with Crippen molar-refractivity contribution in [3.05, 3.63) is 125 Å². The number of fused-ring (bicyclic) bond motifs is 1. The van der Waals surface area contributed by atoms with Crippen LogP contribution in [0.25, 0.3) is 22.5 Å². The molecule has 198 valence electrons. The zero-order valence-electron chi connectivity index (χ0n) is 22.6. The van der Waals surface area contributed by atoms with Crippen molar-refractivity contribution in [2.24, 2.45) is 0 Å². The van der Waals surface area contributed by atoms with Gasteiger partial charge >= 0.3 is 0 Å². The molecule has 0 fully saturated rings. The van der Waals surface area contributed by atoms with Crippen LogP contribution in [-0.2, 0) is 4.79 Å². The first-order valence-electron chi connectivity index (χ1n) is 13.2. The lowest BCUT2D eigenvalue weighted by atomic mass is 9.88. The molecule has 1 N–H and O–H groups in total. The average molecular weight is 528 g/mol. The molecule has 1 amide bonds. The number of rotatable bonds is 7. The van der Waals surface area contributed by atoms with E-state index >= 15 is 0 Å². The highest BCUT2D eigenvalue weighted by atomic mass is 16.1. The molecule has 6 aromatic rings. The Labute approximate surface area is 232 Å². The summed E-state index contributed by atoms with van der Waals surface area (Å²) in [6.45, 7) is 6.04. The molecule has 8 heteroatoms. The number of aryl methyl sites for hydroxylation is 2. The van der Waals surface area contributed by atoms with Gasteiger partial charge < -0.3 is 5.32 Å². The molecule has 0 bridgehead atoms. The van der Waals surface area contributed by atoms with E-state index in [2.05, 4.69) is 69.7 Å². The summed E-state index contributed by atoms with van der Waals surface area (Å²) in [7, 11) is 0. The van der Waals surface area contributed by atoms with E-state index < -0.39 is 0 Å². The fourth-order valence-corrected chi connectivity index (χ4v) is 5.07. The van der Waals surface area contributed by atoms with Crippen LogP contribution in [0.15, 0.2) is 97.5 Å². The maximum atomic E-state index is 13.5. The fraction of sp³-hybridized carbons (Fsp3) is 0.156. The van der Waals surface area contributed by atoms with E-state index in [9.17, 15) is 4.79 Å². The van der Waals surface area contributed by atoms with Gasteiger partial charge in [0.25, 0.3) is 0 Å². The third kappa shape index (κ3) is 4.75. The molecule has 0 saturated heterocycles. The van der Waals surface area contributed by atoms with Gasteiger partial charge in [-0.25, -0.2) is 14.6 Å². The van der Waals surface area contributed by atoms with Gasteiger partial charge in [0, 0.05) is 18.4 Å². The first-order chi connectivity index (χ1) is 19.5. The Morgan fingerprint density at radius 3 is 2.25 bits per heavy atom. The topological polar surface area (TPSA) is 90.5 Å². The van der Waals surface area contributed by atoms with Crippen molar-refractivity contribution in [1.29, 1.82) is 0 Å². The molecule has 0 aliphatic rings. The molecule has 6 rings (SSSR count). The molecule has 0 saturated carbocycles. The summed E-state index contributed by atoms with van der Waals surface area (Å²) in [5, 5.41) is 13.1. The summed E-state index contributed by atoms with van der Waals surface area (Å²) in [6.07, 6.45) is 3.53. The largest absolute Gasteiger partial charge is 0.310 e. The Morgan fingerprint density at radius 2 is 1.55 bits per heavy atom. The number of carbonyl (C=O) groups excluding carboxylic acids is 1. The molecule has 8 nitrogen and oxygen atoms in total. The second kappa shape index (κ2) is 10.6. The first-order valence-corrected chi connectivity index (χ1v) is 13.2. The van der Waals surface area contributed by atoms with Gasteiger partial charge in [-0.15, -0.1) is 0 Å². The highest BCUT2D eigenvalue weighted by Crippen LogP contribution is 2.30. The first kappa shape index (κ1) is 25.2. The number of nitrogens with zero attached hydrogens (tertiary/aromatic N) is 6. The summed E-state index contributed by atoms with van der Waals surface area (Å²) in [4.78, 5) is 22.6. The molecule has 0 radical (unpaired) electrons. The van der Waals surface area contributed by atoms with Crippen LogP contribution in [0.5, 0.6) is 0 Å². The molecule has 3 aromatic carbocycles. The zero-order chi connectivity index (χ0) is 27.6. The SMILES string of the molecule is Cc1cc(NC(=O)CC(c2ccccc2)c2ccccc2)n(-c2ncnc3c2cnn3-c2cccc(C)c2C)n1. The Kier molecular flexibility index (Phi) is 6.66. The number of carbonyl (C=O) groups is 1. The molecule has 0 aliphatic carbocycles. The molecule has 3 aromatic heterocycles. The number of anilines is 1. The number of hydrogen-bond acceptors (Lipinski definition) is 5. The fourth-order valence-electron chi connectivity index (χ4n) is 5.07. The minimum Gasteiger partial charge on any atom is -0.310 e. The minimum atomic E-state index is -0.116. The summed E-state index contributed by atoms with van der Waals surface area (Å²) >= 11 is 0. The quantitative estimate of drug-likeness (QED) is 0.271. The molecule has 0 atom stereocenters. The van der Waals surface area contributed by atoms with Crippen LogP contribution in [0, 0.1) is 20.8 Å². The molecular formula is C32H29N7O. The van der Waals surface area contributed by atoms with Gasteiger partial charge in [0.15, 0.2) is 11.5 Å². The number of aromatic nitrogens is 6. The van der Waals surface area contributed by atoms with E-state index in [4.69, 9.17) is 0 Å². The van der Waals surface area contributed by atoms with E-state index in [-0.39, 0.29) is 18.2 Å². The molecule has 0 spiro atoms. The maximum absolute atomic E-state index is 13.5. The van der Waals surface area contributed by atoms with E-state index in [1.807, 2.05) is 66.2 Å². The summed E-state index contributed by atoms with van der Waals surface area (Å²) in [5.41, 5.74) is 6.85. The van der Waals surface area contributed by atoms with Gasteiger partial charge in [-0.05, 0) is 49.1 Å². The Hall–Kier alpha value is -5.11. The van der Waals surface area contributed by atoms with Crippen LogP contribution in [0.3, 0.4) is 0 Å². The van der Waals surface area contributed by atoms with Crippen LogP contribution >= 0.6 is 0 Å². The molecular weight excluding hydrogens is 498 g/mol. The maximum Gasteiger partial charge on any atom is 0.226 e. The van der Waals surface area contributed by atoms with Crippen LogP contribution < -0.4 is 5.32 Å². The normalized spacial score (nSPS) is 11.3. The molecule has 3 heterocycles. The number of nitrogens with one attached hydrogen (secondary N) is 1. The van der Waals surface area contributed by atoms with Crippen LogP contribution in [0.1, 0.15) is 40.3 Å². The highest BCUT2D eigenvalue weighted by molar-refractivity contribution is 5.92. The predicted octanol–water partition coefficient (Wildman–Crippen LogP) is 6.09. The van der Waals surface area contributed by atoms with E-state index in [1.54, 1.807) is 10.9 Å². The Morgan fingerprint density at radius 1 is 0.850 bits per heavy atom. The Balaban J connectivity index is 1.34. The summed E-state index contributed by atoms with van der Waals surface area (Å²) < 4.78 is 3.48. The number of amides is 1. The number of benzene rings is 3. The summed E-state index contributed by atoms with van der Waals surface area (Å²) in [5.74, 6) is 0.895. The zero-order valence-corrected chi connectivity index (χ0v) is 22.6. The van der Waals surface area contributed by atoms with Crippen molar-refractivity contribution in [2.45, 2.75) is 33.1 Å². The van der Waals surface area contributed by atoms with E-state index in [1.165, 1.54) is 11.9 Å². The van der Waals surface area contributed by atoms with Crippen molar-refractivity contribution in [1.82, 2.24) is 29.5 Å². The lowest BCUT2D eigenvalue weighted by Crippen LogP contribution is -2.19. The van der Waals surface area contributed by atoms with Gasteiger partial charge in [0.05, 0.1) is 23.0 Å². The minimum absolute atomic E-state index is 0.0820. The van der Waals surface area contributed by atoms with Crippen molar-refractivity contribution in [3.8, 4) is 11.5 Å². The van der Waals surface area contributed by atoms with Crippen molar-refractivity contribution in [2.75, 3.05) is 5.32 Å². The van der Waals surface area contributed by atoms with Crippen molar-refractivity contribution in [3.63, 3.8) is 0 Å².